The van der Waals surface area contributed by atoms with Crippen LogP contribution >= 0.6 is 12.4 Å². The van der Waals surface area contributed by atoms with Gasteiger partial charge in [-0.15, -0.1) is 12.4 Å². The molecule has 8 heteroatoms. The monoisotopic (exact) mass is 364 g/mol. The highest BCUT2D eigenvalue weighted by Gasteiger charge is 2.17. The number of carbonyl (C=O) groups excluding carboxylic acids is 1. The van der Waals surface area contributed by atoms with Gasteiger partial charge in [-0.1, -0.05) is 0 Å². The Morgan fingerprint density at radius 2 is 2.20 bits per heavy atom. The summed E-state index contributed by atoms with van der Waals surface area (Å²) in [4.78, 5) is 20.2. The lowest BCUT2D eigenvalue weighted by molar-refractivity contribution is -0.117. The van der Waals surface area contributed by atoms with Crippen molar-refractivity contribution in [3.8, 4) is 11.8 Å². The van der Waals surface area contributed by atoms with Gasteiger partial charge in [0.15, 0.2) is 0 Å². The normalized spacial score (nSPS) is 16.6. The van der Waals surface area contributed by atoms with Gasteiger partial charge in [-0.05, 0) is 36.8 Å². The predicted octanol–water partition coefficient (Wildman–Crippen LogP) is 2.32. The number of hydrogen-bond acceptors (Lipinski definition) is 6. The number of ether oxygens (including phenoxy) is 2. The maximum Gasteiger partial charge on any atom is 0.321 e. The van der Waals surface area contributed by atoms with Crippen LogP contribution in [-0.2, 0) is 9.53 Å². The number of amides is 1. The molecule has 2 aromatic rings. The Morgan fingerprint density at radius 1 is 1.40 bits per heavy atom. The number of halogens is 1. The molecule has 1 aromatic heterocycles. The van der Waals surface area contributed by atoms with Crippen LogP contribution < -0.4 is 15.4 Å². The molecule has 1 unspecified atom stereocenters. The van der Waals surface area contributed by atoms with Gasteiger partial charge in [0, 0.05) is 37.1 Å². The van der Waals surface area contributed by atoms with Gasteiger partial charge in [0.25, 0.3) is 0 Å². The Balaban J connectivity index is 0.00000225. The van der Waals surface area contributed by atoms with Crippen LogP contribution in [0.2, 0.25) is 0 Å². The van der Waals surface area contributed by atoms with E-state index in [1.807, 2.05) is 19.1 Å². The largest absolute Gasteiger partial charge is 0.424 e. The number of hydrogen-bond donors (Lipinski definition) is 2. The quantitative estimate of drug-likeness (QED) is 0.846. The van der Waals surface area contributed by atoms with Crippen LogP contribution in [0.15, 0.2) is 36.7 Å². The molecule has 0 aliphatic carbocycles. The van der Waals surface area contributed by atoms with Gasteiger partial charge in [-0.3, -0.25) is 4.79 Å². The molecule has 1 fully saturated rings. The van der Waals surface area contributed by atoms with Crippen LogP contribution in [-0.4, -0.2) is 41.7 Å². The Labute approximate surface area is 152 Å². The summed E-state index contributed by atoms with van der Waals surface area (Å²) in [6, 6.07) is 7.52. The Kier molecular flexibility index (Phi) is 7.12. The van der Waals surface area contributed by atoms with E-state index in [0.29, 0.717) is 25.4 Å². The van der Waals surface area contributed by atoms with Gasteiger partial charge < -0.3 is 20.1 Å². The first-order valence-corrected chi connectivity index (χ1v) is 7.87. The molecule has 3 rings (SSSR count). The van der Waals surface area contributed by atoms with E-state index in [2.05, 4.69) is 20.6 Å². The van der Waals surface area contributed by atoms with Crippen LogP contribution in [0.1, 0.15) is 12.0 Å². The third-order valence-corrected chi connectivity index (χ3v) is 3.65. The number of aromatic nitrogens is 2. The van der Waals surface area contributed by atoms with Crippen LogP contribution in [0.25, 0.3) is 0 Å². The third-order valence-electron chi connectivity index (χ3n) is 3.65. The highest BCUT2D eigenvalue weighted by Crippen LogP contribution is 2.24. The van der Waals surface area contributed by atoms with Crippen molar-refractivity contribution < 1.29 is 14.3 Å². The summed E-state index contributed by atoms with van der Waals surface area (Å²) in [5.74, 6) is 0.584. The minimum atomic E-state index is -0.0406. The van der Waals surface area contributed by atoms with E-state index in [9.17, 15) is 4.79 Å². The lowest BCUT2D eigenvalue weighted by Crippen LogP contribution is -2.43. The molecular weight excluding hydrogens is 344 g/mol. The predicted molar refractivity (Wildman–Crippen MR) is 96.4 cm³/mol. The fourth-order valence-corrected chi connectivity index (χ4v) is 2.46. The van der Waals surface area contributed by atoms with Crippen molar-refractivity contribution in [3.63, 3.8) is 0 Å². The summed E-state index contributed by atoms with van der Waals surface area (Å²) in [5, 5.41) is 6.19. The molecule has 0 saturated carbocycles. The van der Waals surface area contributed by atoms with Crippen molar-refractivity contribution in [2.24, 2.45) is 0 Å². The molecular formula is C17H21ClN4O3. The highest BCUT2D eigenvalue weighted by molar-refractivity contribution is 5.92. The summed E-state index contributed by atoms with van der Waals surface area (Å²) in [7, 11) is 0. The van der Waals surface area contributed by atoms with Gasteiger partial charge in [0.2, 0.25) is 5.91 Å². The molecule has 1 atom stereocenters. The number of carbonyl (C=O) groups is 1. The minimum Gasteiger partial charge on any atom is -0.424 e. The molecule has 1 saturated heterocycles. The molecule has 0 bridgehead atoms. The van der Waals surface area contributed by atoms with Crippen molar-refractivity contribution in [3.05, 3.63) is 42.2 Å². The first-order chi connectivity index (χ1) is 11.7. The summed E-state index contributed by atoms with van der Waals surface area (Å²) in [6.45, 7) is 3.96. The van der Waals surface area contributed by atoms with Crippen LogP contribution in [0.3, 0.4) is 0 Å². The van der Waals surface area contributed by atoms with Gasteiger partial charge >= 0.3 is 6.01 Å². The van der Waals surface area contributed by atoms with Gasteiger partial charge in [0.05, 0.1) is 13.2 Å². The number of benzene rings is 1. The zero-order valence-corrected chi connectivity index (χ0v) is 14.7. The van der Waals surface area contributed by atoms with Gasteiger partial charge in [0.1, 0.15) is 5.75 Å². The number of anilines is 1. The van der Waals surface area contributed by atoms with Crippen molar-refractivity contribution in [2.45, 2.75) is 19.4 Å². The number of nitrogens with one attached hydrogen (secondary N) is 2. The number of rotatable bonds is 5. The molecule has 2 heterocycles. The molecule has 2 N–H and O–H groups in total. The molecule has 0 radical (unpaired) electrons. The highest BCUT2D eigenvalue weighted by atomic mass is 35.5. The maximum atomic E-state index is 12.2. The number of nitrogens with zero attached hydrogens (tertiary/aromatic N) is 2. The second-order valence-corrected chi connectivity index (χ2v) is 5.59. The molecule has 134 valence electrons. The smallest absolute Gasteiger partial charge is 0.321 e. The Bertz CT molecular complexity index is 694. The zero-order chi connectivity index (χ0) is 16.8. The van der Waals surface area contributed by atoms with Crippen LogP contribution in [0.5, 0.6) is 11.8 Å². The summed E-state index contributed by atoms with van der Waals surface area (Å²) in [5.41, 5.74) is 1.67. The van der Waals surface area contributed by atoms with Crippen LogP contribution in [0, 0.1) is 6.92 Å². The molecule has 25 heavy (non-hydrogen) atoms. The van der Waals surface area contributed by atoms with Crippen molar-refractivity contribution in [1.82, 2.24) is 15.3 Å². The minimum absolute atomic E-state index is 0. The topological polar surface area (TPSA) is 85.4 Å². The molecule has 0 spiro atoms. The summed E-state index contributed by atoms with van der Waals surface area (Å²) < 4.78 is 10.9. The fraction of sp³-hybridized carbons (Fsp3) is 0.353. The molecule has 1 amide bonds. The lowest BCUT2D eigenvalue weighted by Gasteiger charge is -2.23. The Morgan fingerprint density at radius 3 is 2.88 bits per heavy atom. The standard InChI is InChI=1S/C17H20N4O3.ClH/c1-12-9-14(24-17-19-5-2-6-20-17)3-4-15(12)21-16(22)10-13-11-23-8-7-18-13;/h2-6,9,13,18H,7-8,10-11H2,1H3,(H,21,22);1H. The first kappa shape index (κ1) is 19.1. The van der Waals surface area contributed by atoms with Crippen molar-refractivity contribution >= 4 is 24.0 Å². The van der Waals surface area contributed by atoms with Gasteiger partial charge in [-0.2, -0.15) is 0 Å². The number of morpholine rings is 1. The third kappa shape index (κ3) is 5.67. The van der Waals surface area contributed by atoms with E-state index < -0.39 is 0 Å². The lowest BCUT2D eigenvalue weighted by atomic mass is 10.1. The molecule has 7 nitrogen and oxygen atoms in total. The van der Waals surface area contributed by atoms with Crippen LogP contribution in [0.4, 0.5) is 5.69 Å². The van der Waals surface area contributed by atoms with Crippen molar-refractivity contribution in [2.75, 3.05) is 25.1 Å². The number of aryl methyl sites for hydroxylation is 1. The Hall–Kier alpha value is -2.22. The average molecular weight is 365 g/mol. The SMILES string of the molecule is Cc1cc(Oc2ncccn2)ccc1NC(=O)CC1COCCN1.Cl. The second-order valence-electron chi connectivity index (χ2n) is 5.59. The second kappa shape index (κ2) is 9.31. The average Bonchev–Trinajstić information content (AvgIpc) is 2.59. The summed E-state index contributed by atoms with van der Waals surface area (Å²) in [6.07, 6.45) is 3.62. The van der Waals surface area contributed by atoms with Crippen molar-refractivity contribution in [1.29, 1.82) is 0 Å². The van der Waals surface area contributed by atoms with E-state index in [-0.39, 0.29) is 30.4 Å². The summed E-state index contributed by atoms with van der Waals surface area (Å²) >= 11 is 0. The molecule has 1 aliphatic rings. The van der Waals surface area contributed by atoms with E-state index in [4.69, 9.17) is 9.47 Å². The first-order valence-electron chi connectivity index (χ1n) is 7.87. The fourth-order valence-electron chi connectivity index (χ4n) is 2.46. The van der Waals surface area contributed by atoms with E-state index in [0.717, 1.165) is 17.8 Å². The molecule has 1 aliphatic heterocycles. The van der Waals surface area contributed by atoms with E-state index >= 15 is 0 Å². The molecule has 1 aromatic carbocycles. The van der Waals surface area contributed by atoms with E-state index in [1.54, 1.807) is 24.5 Å². The van der Waals surface area contributed by atoms with Gasteiger partial charge in [-0.25, -0.2) is 9.97 Å². The maximum absolute atomic E-state index is 12.2. The zero-order valence-electron chi connectivity index (χ0n) is 13.9. The van der Waals surface area contributed by atoms with E-state index in [1.165, 1.54) is 0 Å².